The molecule has 0 atom stereocenters. The van der Waals surface area contributed by atoms with E-state index < -0.39 is 0 Å². The zero-order chi connectivity index (χ0) is 21.7. The third-order valence-corrected chi connectivity index (χ3v) is 12.7. The first kappa shape index (κ1) is 56.3. The fourth-order valence-electron chi connectivity index (χ4n) is 1.41. The standard InChI is InChI=1S/2C5H14P2.2CN.3CHO.Mo.Pt/c2*1-6(2)5-7(3)4;5*1-2;;/h2*5H2,1-4H3;;;3*1H;;/q;;5*-1;+3;/p+4. The second kappa shape index (κ2) is 72.1. The van der Waals surface area contributed by atoms with Crippen molar-refractivity contribution in [3.8, 4) is 0 Å². The average molecular weight is 706 g/mol. The van der Waals surface area contributed by atoms with E-state index in [4.69, 9.17) is 38.1 Å². The molecule has 5 nitrogen and oxygen atoms in total. The minimum absolute atomic E-state index is 0. The van der Waals surface area contributed by atoms with Crippen LogP contribution in [0.3, 0.4) is 0 Å². The van der Waals surface area contributed by atoms with Gasteiger partial charge in [0.1, 0.15) is 0 Å². The van der Waals surface area contributed by atoms with Gasteiger partial charge in [0.15, 0.2) is 11.8 Å². The minimum Gasteiger partial charge on any atom is -0.545 e. The number of nitrogens with zero attached hydrogens (tertiary/aromatic N) is 2. The molecule has 0 unspecified atom stereocenters. The zero-order valence-electron chi connectivity index (χ0n) is 17.0. The topological polar surface area (TPSA) is 98.8 Å². The van der Waals surface area contributed by atoms with Gasteiger partial charge in [-0.1, -0.05) is 0 Å². The van der Waals surface area contributed by atoms with Crippen molar-refractivity contribution in [3.63, 3.8) is 0 Å². The smallest absolute Gasteiger partial charge is 0.545 e. The van der Waals surface area contributed by atoms with Gasteiger partial charge < -0.3 is 38.1 Å². The molecule has 0 heterocycles. The summed E-state index contributed by atoms with van der Waals surface area (Å²) < 4.78 is 0. The van der Waals surface area contributed by atoms with Crippen molar-refractivity contribution in [2.45, 2.75) is 0 Å². The molecule has 0 rings (SSSR count). The molecule has 157 valence electrons. The maximum atomic E-state index is 7.75. The Morgan fingerprint density at radius 2 is 0.615 bits per heavy atom. The van der Waals surface area contributed by atoms with Crippen LogP contribution in [0.4, 0.5) is 0 Å². The Kier molecular flexibility index (Phi) is 156. The molecule has 0 aliphatic rings. The van der Waals surface area contributed by atoms with Gasteiger partial charge in [0.2, 0.25) is 0 Å². The van der Waals surface area contributed by atoms with E-state index in [0.29, 0.717) is 0 Å². The van der Waals surface area contributed by atoms with Gasteiger partial charge in [-0.15, -0.1) is 0 Å². The first-order valence-corrected chi connectivity index (χ1v) is 17.4. The SMILES string of the molecule is C[PH+](C)C[PH+](C)C.C[PH+](C)C[PH+](C)C.[C-]#N.[C-]#N.[CH-]=O.[CH-]=O.[CH-]=O.[Mo+3].[Pt]. The molecule has 0 amide bonds. The average Bonchev–Trinajstić information content (AvgIpc) is 2.55. The van der Waals surface area contributed by atoms with E-state index >= 15 is 0 Å². The first-order chi connectivity index (χ1) is 11.3. The molecular weight excluding hydrogens is 671 g/mol. The van der Waals surface area contributed by atoms with Crippen LogP contribution in [0.25, 0.3) is 0 Å². The second-order valence-corrected chi connectivity index (χ2v) is 17.7. The molecule has 0 N–H and O–H groups in total. The van der Waals surface area contributed by atoms with Crippen molar-refractivity contribution in [1.29, 1.82) is 10.5 Å². The van der Waals surface area contributed by atoms with Crippen molar-refractivity contribution in [1.82, 2.24) is 0 Å². The van der Waals surface area contributed by atoms with Crippen LogP contribution < -0.4 is 0 Å². The molecule has 0 aromatic heterocycles. The van der Waals surface area contributed by atoms with E-state index in [1.807, 2.05) is 0 Å². The predicted octanol–water partition coefficient (Wildman–Crippen LogP) is 3.15. The molecular formula is C15H35MoN2O3P4Pt+2. The van der Waals surface area contributed by atoms with Crippen LogP contribution in [-0.4, -0.2) is 85.5 Å². The van der Waals surface area contributed by atoms with Crippen LogP contribution in [0.1, 0.15) is 0 Å². The van der Waals surface area contributed by atoms with E-state index in [-0.39, 0.29) is 73.8 Å². The summed E-state index contributed by atoms with van der Waals surface area (Å²) in [6, 6.07) is 0. The van der Waals surface area contributed by atoms with Crippen LogP contribution in [0.5, 0.6) is 0 Å². The molecule has 0 saturated heterocycles. The Hall–Kier alpha value is 1.09. The summed E-state index contributed by atoms with van der Waals surface area (Å²) in [4.78, 5) is 23.2. The Bertz CT molecular complexity index is 203. The molecule has 0 aromatic rings. The van der Waals surface area contributed by atoms with Crippen molar-refractivity contribution in [2.75, 3.05) is 65.1 Å². The van der Waals surface area contributed by atoms with E-state index in [9.17, 15) is 0 Å². The maximum Gasteiger partial charge on any atom is 3.00 e. The van der Waals surface area contributed by atoms with Crippen LogP contribution in [0.2, 0.25) is 0 Å². The van der Waals surface area contributed by atoms with E-state index in [1.165, 1.54) is 0 Å². The fraction of sp³-hybridized carbons (Fsp3) is 0.667. The zero-order valence-corrected chi connectivity index (χ0v) is 25.3. The van der Waals surface area contributed by atoms with Gasteiger partial charge in [-0.3, -0.25) is 20.4 Å². The summed E-state index contributed by atoms with van der Waals surface area (Å²) >= 11 is 0. The van der Waals surface area contributed by atoms with Crippen molar-refractivity contribution >= 4 is 52.1 Å². The summed E-state index contributed by atoms with van der Waals surface area (Å²) in [5, 5.41) is 12.5. The molecule has 0 bridgehead atoms. The molecule has 0 aliphatic heterocycles. The van der Waals surface area contributed by atoms with Crippen molar-refractivity contribution in [2.24, 2.45) is 0 Å². The summed E-state index contributed by atoms with van der Waals surface area (Å²) in [5.41, 5.74) is 0. The summed E-state index contributed by atoms with van der Waals surface area (Å²) in [5.74, 6) is 3.13. The van der Waals surface area contributed by atoms with Gasteiger partial charge in [-0.25, -0.2) is 0 Å². The summed E-state index contributed by atoms with van der Waals surface area (Å²) in [6.07, 6.45) is 0. The van der Waals surface area contributed by atoms with E-state index in [2.05, 4.69) is 73.7 Å². The van der Waals surface area contributed by atoms with E-state index in [0.717, 1.165) is 0 Å². The molecule has 11 heteroatoms. The maximum absolute atomic E-state index is 7.75. The van der Waals surface area contributed by atoms with Crippen LogP contribution in [0.15, 0.2) is 0 Å². The molecule has 0 spiro atoms. The van der Waals surface area contributed by atoms with Crippen molar-refractivity contribution in [3.05, 3.63) is 13.1 Å². The van der Waals surface area contributed by atoms with Gasteiger partial charge in [-0.05, 0) is 0 Å². The van der Waals surface area contributed by atoms with E-state index in [1.54, 1.807) is 11.8 Å². The quantitative estimate of drug-likeness (QED) is 0.194. The molecule has 0 aliphatic carbocycles. The molecule has 0 fully saturated rings. The molecule has 0 saturated carbocycles. The number of hydrogen-bond acceptors (Lipinski definition) is 5. The predicted molar refractivity (Wildman–Crippen MR) is 121 cm³/mol. The largest absolute Gasteiger partial charge is 3.00 e. The normalized spacial score (nSPS) is 6.62. The van der Waals surface area contributed by atoms with Crippen LogP contribution in [0, 0.1) is 23.7 Å². The Morgan fingerprint density at radius 1 is 0.538 bits per heavy atom. The Labute approximate surface area is 196 Å². The molecule has 0 aromatic carbocycles. The monoisotopic (exact) mass is 708 g/mol. The van der Waals surface area contributed by atoms with Gasteiger partial charge in [-0.2, -0.15) is 0 Å². The molecule has 1 radical (unpaired) electrons. The van der Waals surface area contributed by atoms with Gasteiger partial charge in [0.25, 0.3) is 0 Å². The number of rotatable bonds is 4. The van der Waals surface area contributed by atoms with Crippen LogP contribution >= 0.6 is 31.7 Å². The second-order valence-electron chi connectivity index (χ2n) is 5.18. The van der Waals surface area contributed by atoms with Gasteiger partial charge in [0, 0.05) is 106 Å². The third kappa shape index (κ3) is 176. The van der Waals surface area contributed by atoms with Gasteiger partial charge in [0.05, 0.1) is 0 Å². The fourth-order valence-corrected chi connectivity index (χ4v) is 12.7. The Morgan fingerprint density at radius 3 is 0.615 bits per heavy atom. The van der Waals surface area contributed by atoms with Crippen LogP contribution in [-0.2, 0) is 56.5 Å². The molecule has 26 heavy (non-hydrogen) atoms. The van der Waals surface area contributed by atoms with Gasteiger partial charge >= 0.3 is 21.1 Å². The number of hydrogen-bond donors (Lipinski definition) is 0. The summed E-state index contributed by atoms with van der Waals surface area (Å²) in [7, 11) is 0.444. The summed E-state index contributed by atoms with van der Waals surface area (Å²) in [6.45, 7) is 38.4. The van der Waals surface area contributed by atoms with Crippen molar-refractivity contribution < 1.29 is 56.5 Å². The number of carbonyl (C=O) groups excluding carboxylic acids is 3. The first-order valence-electron chi connectivity index (χ1n) is 6.57. The third-order valence-electron chi connectivity index (χ3n) is 1.41. The Balaban J connectivity index is -0.0000000204. The minimum atomic E-state index is 0.